The fourth-order valence-electron chi connectivity index (χ4n) is 3.93. The van der Waals surface area contributed by atoms with Crippen LogP contribution in [0.25, 0.3) is 10.9 Å². The van der Waals surface area contributed by atoms with Crippen LogP contribution in [0.2, 0.25) is 0 Å². The quantitative estimate of drug-likeness (QED) is 0.400. The molecule has 1 N–H and O–H groups in total. The number of rotatable bonds is 6. The SMILES string of the molecule is COC(=O)[C@H](OC(C)=O)[C@H](OC(C)=O)C(=O)C(=O)N1CCc2c([nH]c3ccccc23)[C@@H]1C. The van der Waals surface area contributed by atoms with Crippen LogP contribution in [-0.2, 0) is 44.6 Å². The minimum absolute atomic E-state index is 0.240. The Morgan fingerprint density at radius 1 is 1.03 bits per heavy atom. The average Bonchev–Trinajstić information content (AvgIpc) is 3.14. The Kier molecular flexibility index (Phi) is 6.61. The number of ether oxygens (including phenoxy) is 3. The summed E-state index contributed by atoms with van der Waals surface area (Å²) in [5.74, 6) is -5.12. The maximum atomic E-state index is 13.1. The van der Waals surface area contributed by atoms with Crippen LogP contribution >= 0.6 is 0 Å². The zero-order chi connectivity index (χ0) is 23.6. The highest BCUT2D eigenvalue weighted by molar-refractivity contribution is 6.38. The highest BCUT2D eigenvalue weighted by Crippen LogP contribution is 2.34. The van der Waals surface area contributed by atoms with Gasteiger partial charge in [0, 0.05) is 37.0 Å². The first-order valence-corrected chi connectivity index (χ1v) is 10.0. The Bertz CT molecular complexity index is 1090. The molecule has 0 saturated carbocycles. The van der Waals surface area contributed by atoms with Crippen molar-refractivity contribution >= 4 is 40.5 Å². The van der Waals surface area contributed by atoms with Crippen LogP contribution in [0.5, 0.6) is 0 Å². The van der Waals surface area contributed by atoms with Gasteiger partial charge in [0.25, 0.3) is 11.7 Å². The van der Waals surface area contributed by atoms with E-state index in [4.69, 9.17) is 9.47 Å². The molecule has 0 fully saturated rings. The smallest absolute Gasteiger partial charge is 0.351 e. The highest BCUT2D eigenvalue weighted by Gasteiger charge is 2.45. The number of hydrogen-bond donors (Lipinski definition) is 1. The van der Waals surface area contributed by atoms with Crippen molar-refractivity contribution in [2.75, 3.05) is 13.7 Å². The number of esters is 3. The summed E-state index contributed by atoms with van der Waals surface area (Å²) in [5.41, 5.74) is 2.78. The van der Waals surface area contributed by atoms with Crippen LogP contribution < -0.4 is 0 Å². The van der Waals surface area contributed by atoms with E-state index in [-0.39, 0.29) is 6.54 Å². The molecule has 0 spiro atoms. The maximum Gasteiger partial charge on any atom is 0.351 e. The van der Waals surface area contributed by atoms with Gasteiger partial charge in [0.15, 0.2) is 0 Å². The van der Waals surface area contributed by atoms with Gasteiger partial charge >= 0.3 is 17.9 Å². The van der Waals surface area contributed by atoms with Gasteiger partial charge in [-0.25, -0.2) is 4.79 Å². The lowest BCUT2D eigenvalue weighted by molar-refractivity contribution is -0.183. The molecule has 0 bridgehead atoms. The number of aromatic amines is 1. The molecule has 0 unspecified atom stereocenters. The monoisotopic (exact) mass is 444 g/mol. The van der Waals surface area contributed by atoms with Gasteiger partial charge in [-0.05, 0) is 25.0 Å². The number of benzene rings is 1. The van der Waals surface area contributed by atoms with E-state index >= 15 is 0 Å². The molecular formula is C22H24N2O8. The third-order valence-corrected chi connectivity index (χ3v) is 5.36. The molecule has 1 aromatic heterocycles. The fourth-order valence-corrected chi connectivity index (χ4v) is 3.93. The molecule has 10 nitrogen and oxygen atoms in total. The van der Waals surface area contributed by atoms with E-state index in [2.05, 4.69) is 9.72 Å². The second-order valence-electron chi connectivity index (χ2n) is 7.43. The molecule has 1 amide bonds. The van der Waals surface area contributed by atoms with E-state index in [0.717, 1.165) is 43.1 Å². The average molecular weight is 444 g/mol. The maximum absolute atomic E-state index is 13.1. The molecule has 10 heteroatoms. The van der Waals surface area contributed by atoms with Gasteiger partial charge in [-0.2, -0.15) is 0 Å². The van der Waals surface area contributed by atoms with Crippen molar-refractivity contribution in [2.45, 2.75) is 45.4 Å². The van der Waals surface area contributed by atoms with E-state index in [9.17, 15) is 24.0 Å². The fraction of sp³-hybridized carbons (Fsp3) is 0.409. The molecule has 1 aliphatic rings. The van der Waals surface area contributed by atoms with Crippen LogP contribution in [0.4, 0.5) is 0 Å². The van der Waals surface area contributed by atoms with Gasteiger partial charge in [0.05, 0.1) is 13.2 Å². The van der Waals surface area contributed by atoms with E-state index in [1.54, 1.807) is 6.92 Å². The zero-order valence-electron chi connectivity index (χ0n) is 18.2. The third-order valence-electron chi connectivity index (χ3n) is 5.36. The van der Waals surface area contributed by atoms with Crippen LogP contribution in [0, 0.1) is 0 Å². The second-order valence-corrected chi connectivity index (χ2v) is 7.43. The molecule has 0 aliphatic carbocycles. The van der Waals surface area contributed by atoms with Crippen molar-refractivity contribution in [3.63, 3.8) is 0 Å². The van der Waals surface area contributed by atoms with Crippen molar-refractivity contribution in [3.05, 3.63) is 35.5 Å². The summed E-state index contributed by atoms with van der Waals surface area (Å²) >= 11 is 0. The molecule has 3 rings (SSSR count). The summed E-state index contributed by atoms with van der Waals surface area (Å²) in [6.45, 7) is 4.03. The summed E-state index contributed by atoms with van der Waals surface area (Å²) in [6.07, 6.45) is -3.36. The summed E-state index contributed by atoms with van der Waals surface area (Å²) in [5, 5.41) is 1.05. The number of nitrogens with one attached hydrogen (secondary N) is 1. The number of Topliss-reactive ketones (excluding diaryl/α,β-unsaturated/α-hetero) is 1. The van der Waals surface area contributed by atoms with Gasteiger partial charge in [0.2, 0.25) is 12.2 Å². The van der Waals surface area contributed by atoms with Gasteiger partial charge in [-0.1, -0.05) is 18.2 Å². The minimum Gasteiger partial charge on any atom is -0.466 e. The molecule has 2 aromatic rings. The van der Waals surface area contributed by atoms with E-state index < -0.39 is 47.8 Å². The molecular weight excluding hydrogens is 420 g/mol. The number of ketones is 1. The number of hydrogen-bond acceptors (Lipinski definition) is 8. The summed E-state index contributed by atoms with van der Waals surface area (Å²) in [4.78, 5) is 66.0. The third kappa shape index (κ3) is 4.34. The number of aromatic nitrogens is 1. The van der Waals surface area contributed by atoms with Crippen LogP contribution in [0.1, 0.15) is 38.1 Å². The van der Waals surface area contributed by atoms with Crippen molar-refractivity contribution in [3.8, 4) is 0 Å². The molecule has 1 aromatic carbocycles. The van der Waals surface area contributed by atoms with Crippen molar-refractivity contribution in [2.24, 2.45) is 0 Å². The number of H-pyrrole nitrogens is 1. The lowest BCUT2D eigenvalue weighted by Crippen LogP contribution is -2.52. The number of nitrogens with zero attached hydrogens (tertiary/aromatic N) is 1. The van der Waals surface area contributed by atoms with E-state index in [0.29, 0.717) is 6.42 Å². The van der Waals surface area contributed by atoms with Crippen LogP contribution in [-0.4, -0.2) is 65.3 Å². The molecule has 32 heavy (non-hydrogen) atoms. The van der Waals surface area contributed by atoms with Gasteiger partial charge in [0.1, 0.15) is 0 Å². The highest BCUT2D eigenvalue weighted by atomic mass is 16.6. The Labute approximate surface area is 183 Å². The lowest BCUT2D eigenvalue weighted by atomic mass is 9.97. The summed E-state index contributed by atoms with van der Waals surface area (Å²) < 4.78 is 14.4. The normalized spacial score (nSPS) is 17.1. The summed E-state index contributed by atoms with van der Waals surface area (Å²) in [6, 6.07) is 7.25. The summed E-state index contributed by atoms with van der Waals surface area (Å²) in [7, 11) is 1.01. The first-order chi connectivity index (χ1) is 15.1. The second kappa shape index (κ2) is 9.21. The Morgan fingerprint density at radius 3 is 2.28 bits per heavy atom. The van der Waals surface area contributed by atoms with Crippen molar-refractivity contribution in [1.82, 2.24) is 9.88 Å². The van der Waals surface area contributed by atoms with Crippen LogP contribution in [0.3, 0.4) is 0 Å². The van der Waals surface area contributed by atoms with E-state index in [1.807, 2.05) is 24.3 Å². The topological polar surface area (TPSA) is 132 Å². The Morgan fingerprint density at radius 2 is 1.66 bits per heavy atom. The zero-order valence-corrected chi connectivity index (χ0v) is 18.2. The molecule has 1 aliphatic heterocycles. The van der Waals surface area contributed by atoms with E-state index in [1.165, 1.54) is 4.90 Å². The minimum atomic E-state index is -1.97. The predicted molar refractivity (Wildman–Crippen MR) is 110 cm³/mol. The number of carbonyl (C=O) groups is 5. The predicted octanol–water partition coefficient (Wildman–Crippen LogP) is 1.22. The van der Waals surface area contributed by atoms with Gasteiger partial charge in [-0.3, -0.25) is 19.2 Å². The molecule has 0 radical (unpaired) electrons. The Hall–Kier alpha value is -3.69. The number of para-hydroxylation sites is 1. The standard InChI is InChI=1S/C22H24N2O8/c1-11-17-15(14-7-5-6-8-16(14)23-17)9-10-24(11)21(28)18(27)19(31-12(2)25)20(22(29)30-4)32-13(3)26/h5-8,11,19-20,23H,9-10H2,1-4H3/t11-,19+,20+/m0/s1. The number of amides is 1. The van der Waals surface area contributed by atoms with Crippen molar-refractivity contribution in [1.29, 1.82) is 0 Å². The molecule has 2 heterocycles. The van der Waals surface area contributed by atoms with Crippen LogP contribution in [0.15, 0.2) is 24.3 Å². The van der Waals surface area contributed by atoms with Crippen molar-refractivity contribution < 1.29 is 38.2 Å². The molecule has 170 valence electrons. The lowest BCUT2D eigenvalue weighted by Gasteiger charge is -2.34. The number of carbonyl (C=O) groups excluding carboxylic acids is 5. The number of fused-ring (bicyclic) bond motifs is 3. The largest absolute Gasteiger partial charge is 0.466 e. The molecule has 0 saturated heterocycles. The Balaban J connectivity index is 1.91. The molecule has 3 atom stereocenters. The number of methoxy groups -OCH3 is 1. The van der Waals surface area contributed by atoms with Gasteiger partial charge in [-0.15, -0.1) is 0 Å². The first-order valence-electron chi connectivity index (χ1n) is 10.0. The van der Waals surface area contributed by atoms with Gasteiger partial charge < -0.3 is 24.1 Å². The first kappa shape index (κ1) is 23.0.